The summed E-state index contributed by atoms with van der Waals surface area (Å²) in [6, 6.07) is 8.97. The highest BCUT2D eigenvalue weighted by atomic mass is 32.1. The number of thiazole rings is 1. The molecule has 1 atom stereocenters. The minimum absolute atomic E-state index is 0.246. The van der Waals surface area contributed by atoms with Crippen LogP contribution in [0.5, 0.6) is 0 Å². The normalized spacial score (nSPS) is 22.2. The second-order valence-electron chi connectivity index (χ2n) is 5.47. The summed E-state index contributed by atoms with van der Waals surface area (Å²) in [5, 5.41) is 3.42. The lowest BCUT2D eigenvalue weighted by Crippen LogP contribution is -2.41. The highest BCUT2D eigenvalue weighted by molar-refractivity contribution is 7.09. The van der Waals surface area contributed by atoms with E-state index in [0.29, 0.717) is 0 Å². The van der Waals surface area contributed by atoms with Crippen LogP contribution >= 0.6 is 11.3 Å². The molecule has 0 saturated carbocycles. The van der Waals surface area contributed by atoms with Crippen molar-refractivity contribution in [2.45, 2.75) is 31.1 Å². The zero-order valence-corrected chi connectivity index (χ0v) is 12.2. The van der Waals surface area contributed by atoms with Crippen molar-refractivity contribution in [3.63, 3.8) is 0 Å². The minimum atomic E-state index is 0.246. The quantitative estimate of drug-likeness (QED) is 0.924. The van der Waals surface area contributed by atoms with Crippen molar-refractivity contribution in [3.05, 3.63) is 52.0 Å². The zero-order chi connectivity index (χ0) is 13.1. The average molecular weight is 272 g/mol. The number of hydrogen-bond acceptors (Lipinski definition) is 3. The van der Waals surface area contributed by atoms with Gasteiger partial charge in [-0.05, 0) is 43.9 Å². The molecule has 1 aliphatic rings. The third-order valence-electron chi connectivity index (χ3n) is 4.20. The predicted molar refractivity (Wildman–Crippen MR) is 80.8 cm³/mol. The molecular weight excluding hydrogens is 252 g/mol. The van der Waals surface area contributed by atoms with Gasteiger partial charge in [0.15, 0.2) is 0 Å². The molecule has 1 N–H and O–H groups in total. The van der Waals surface area contributed by atoms with Gasteiger partial charge >= 0.3 is 0 Å². The lowest BCUT2D eigenvalue weighted by molar-refractivity contribution is 0.347. The number of hydrogen-bond donors (Lipinski definition) is 1. The minimum Gasteiger partial charge on any atom is -0.319 e. The van der Waals surface area contributed by atoms with E-state index < -0.39 is 0 Å². The van der Waals surface area contributed by atoms with Crippen LogP contribution in [0.1, 0.15) is 28.8 Å². The topological polar surface area (TPSA) is 24.9 Å². The Morgan fingerprint density at radius 3 is 3.05 bits per heavy atom. The van der Waals surface area contributed by atoms with E-state index in [1.165, 1.54) is 29.7 Å². The molecule has 0 fully saturated rings. The van der Waals surface area contributed by atoms with E-state index in [9.17, 15) is 0 Å². The molecule has 3 heteroatoms. The number of likely N-dealkylation sites (N-methyl/N-ethyl adjacent to an activating group) is 1. The number of benzene rings is 1. The van der Waals surface area contributed by atoms with Crippen molar-refractivity contribution in [1.82, 2.24) is 10.3 Å². The Balaban J connectivity index is 2.01. The molecule has 0 bridgehead atoms. The third kappa shape index (κ3) is 2.45. The van der Waals surface area contributed by atoms with Gasteiger partial charge in [-0.2, -0.15) is 0 Å². The molecule has 2 aromatic rings. The van der Waals surface area contributed by atoms with Crippen LogP contribution in [-0.4, -0.2) is 18.6 Å². The number of fused-ring (bicyclic) bond motifs is 1. The Labute approximate surface area is 118 Å². The lowest BCUT2D eigenvalue weighted by atomic mass is 9.67. The largest absolute Gasteiger partial charge is 0.319 e. The Morgan fingerprint density at radius 1 is 1.37 bits per heavy atom. The van der Waals surface area contributed by atoms with Gasteiger partial charge in [0.25, 0.3) is 0 Å². The van der Waals surface area contributed by atoms with E-state index in [2.05, 4.69) is 41.6 Å². The molecular formula is C16H20N2S. The maximum absolute atomic E-state index is 4.23. The van der Waals surface area contributed by atoms with Crippen molar-refractivity contribution in [2.24, 2.45) is 0 Å². The first kappa shape index (κ1) is 12.8. The molecule has 0 spiro atoms. The monoisotopic (exact) mass is 272 g/mol. The van der Waals surface area contributed by atoms with E-state index in [1.54, 1.807) is 16.9 Å². The Kier molecular flexibility index (Phi) is 3.67. The first-order valence-corrected chi connectivity index (χ1v) is 7.82. The van der Waals surface area contributed by atoms with Gasteiger partial charge in [0, 0.05) is 23.0 Å². The fraction of sp³-hybridized carbons (Fsp3) is 0.438. The van der Waals surface area contributed by atoms with E-state index >= 15 is 0 Å². The van der Waals surface area contributed by atoms with Gasteiger partial charge in [0.2, 0.25) is 0 Å². The van der Waals surface area contributed by atoms with Crippen LogP contribution in [0.25, 0.3) is 0 Å². The second kappa shape index (κ2) is 5.43. The molecule has 0 aliphatic heterocycles. The molecule has 0 amide bonds. The van der Waals surface area contributed by atoms with Crippen molar-refractivity contribution in [3.8, 4) is 0 Å². The maximum atomic E-state index is 4.23. The highest BCUT2D eigenvalue weighted by Crippen LogP contribution is 2.40. The van der Waals surface area contributed by atoms with Gasteiger partial charge in [0.05, 0.1) is 5.51 Å². The van der Waals surface area contributed by atoms with Gasteiger partial charge in [-0.15, -0.1) is 11.3 Å². The predicted octanol–water partition coefficient (Wildman–Crippen LogP) is 3.18. The summed E-state index contributed by atoms with van der Waals surface area (Å²) < 4.78 is 0. The van der Waals surface area contributed by atoms with Gasteiger partial charge in [-0.25, -0.2) is 0 Å². The van der Waals surface area contributed by atoms with Crippen molar-refractivity contribution >= 4 is 11.3 Å². The fourth-order valence-electron chi connectivity index (χ4n) is 3.44. The number of nitrogens with one attached hydrogen (secondary N) is 1. The SMILES string of the molecule is CNCC1(Cc2cncs2)CCCc2ccccc21. The van der Waals surface area contributed by atoms with E-state index in [1.807, 2.05) is 11.7 Å². The van der Waals surface area contributed by atoms with Gasteiger partial charge in [0.1, 0.15) is 0 Å². The van der Waals surface area contributed by atoms with E-state index in [-0.39, 0.29) is 5.41 Å². The summed E-state index contributed by atoms with van der Waals surface area (Å²) in [6.07, 6.45) is 6.92. The molecule has 100 valence electrons. The van der Waals surface area contributed by atoms with Gasteiger partial charge < -0.3 is 5.32 Å². The van der Waals surface area contributed by atoms with Crippen LogP contribution in [0, 0.1) is 0 Å². The summed E-state index contributed by atoms with van der Waals surface area (Å²) in [7, 11) is 2.06. The molecule has 2 nitrogen and oxygen atoms in total. The smallest absolute Gasteiger partial charge is 0.0794 e. The molecule has 0 radical (unpaired) electrons. The standard InChI is InChI=1S/C16H20N2S/c1-17-11-16(9-14-10-18-12-19-14)8-4-6-13-5-2-3-7-15(13)16/h2-3,5,7,10,12,17H,4,6,8-9,11H2,1H3. The second-order valence-corrected chi connectivity index (χ2v) is 6.44. The molecule has 0 saturated heterocycles. The summed E-state index contributed by atoms with van der Waals surface area (Å²) >= 11 is 1.78. The summed E-state index contributed by atoms with van der Waals surface area (Å²) in [5.41, 5.74) is 5.27. The zero-order valence-electron chi connectivity index (χ0n) is 11.4. The van der Waals surface area contributed by atoms with Crippen LogP contribution in [0.2, 0.25) is 0 Å². The van der Waals surface area contributed by atoms with Crippen LogP contribution in [0.3, 0.4) is 0 Å². The van der Waals surface area contributed by atoms with E-state index in [0.717, 1.165) is 13.0 Å². The molecule has 1 aliphatic carbocycles. The maximum Gasteiger partial charge on any atom is 0.0794 e. The third-order valence-corrected chi connectivity index (χ3v) is 4.98. The molecule has 1 heterocycles. The highest BCUT2D eigenvalue weighted by Gasteiger charge is 2.36. The Bertz CT molecular complexity index is 535. The van der Waals surface area contributed by atoms with E-state index in [4.69, 9.17) is 0 Å². The molecule has 19 heavy (non-hydrogen) atoms. The first-order chi connectivity index (χ1) is 9.34. The van der Waals surface area contributed by atoms with Crippen LogP contribution in [0.15, 0.2) is 36.0 Å². The lowest BCUT2D eigenvalue weighted by Gasteiger charge is -2.39. The van der Waals surface area contributed by atoms with Gasteiger partial charge in [-0.1, -0.05) is 24.3 Å². The van der Waals surface area contributed by atoms with Crippen LogP contribution in [0.4, 0.5) is 0 Å². The summed E-state index contributed by atoms with van der Waals surface area (Å²) in [5.74, 6) is 0. The molecule has 1 unspecified atom stereocenters. The van der Waals surface area contributed by atoms with Gasteiger partial charge in [-0.3, -0.25) is 4.98 Å². The van der Waals surface area contributed by atoms with Crippen molar-refractivity contribution in [1.29, 1.82) is 0 Å². The summed E-state index contributed by atoms with van der Waals surface area (Å²) in [6.45, 7) is 1.04. The molecule has 3 rings (SSSR count). The van der Waals surface area contributed by atoms with Crippen molar-refractivity contribution < 1.29 is 0 Å². The van der Waals surface area contributed by atoms with Crippen LogP contribution in [-0.2, 0) is 18.3 Å². The molecule has 1 aromatic carbocycles. The first-order valence-electron chi connectivity index (χ1n) is 6.94. The van der Waals surface area contributed by atoms with Crippen LogP contribution < -0.4 is 5.32 Å². The Morgan fingerprint density at radius 2 is 2.26 bits per heavy atom. The number of aromatic nitrogens is 1. The number of nitrogens with zero attached hydrogens (tertiary/aromatic N) is 1. The fourth-order valence-corrected chi connectivity index (χ4v) is 4.18. The van der Waals surface area contributed by atoms with Crippen molar-refractivity contribution in [2.75, 3.05) is 13.6 Å². The Hall–Kier alpha value is -1.19. The number of aryl methyl sites for hydroxylation is 1. The average Bonchev–Trinajstić information content (AvgIpc) is 2.92. The number of rotatable bonds is 4. The summed E-state index contributed by atoms with van der Waals surface area (Å²) in [4.78, 5) is 5.63. The molecule has 1 aromatic heterocycles.